The molecule has 0 amide bonds. The van der Waals surface area contributed by atoms with Crippen LogP contribution in [-0.4, -0.2) is 44.8 Å². The SMILES string of the molecule is Nc1cncc(C(=O)c2cn(CCOC3CCCCO3)c3ncncc23)c1. The standard InChI is InChI=1S/C19H21N5O3/c20-14-7-13(8-21-9-14)18(25)16-11-24(19-15(16)10-22-12-23-19)4-6-27-17-3-1-2-5-26-17/h7-12,17H,1-6,20H2. The van der Waals surface area contributed by atoms with Crippen LogP contribution >= 0.6 is 0 Å². The van der Waals surface area contributed by atoms with Crippen LogP contribution in [-0.2, 0) is 16.0 Å². The largest absolute Gasteiger partial charge is 0.397 e. The van der Waals surface area contributed by atoms with Crippen LogP contribution in [0.15, 0.2) is 37.2 Å². The highest BCUT2D eigenvalue weighted by Crippen LogP contribution is 2.22. The molecule has 1 fully saturated rings. The Bertz CT molecular complexity index is 949. The van der Waals surface area contributed by atoms with Gasteiger partial charge in [-0.05, 0) is 25.3 Å². The van der Waals surface area contributed by atoms with Gasteiger partial charge in [0.2, 0.25) is 0 Å². The lowest BCUT2D eigenvalue weighted by Crippen LogP contribution is -2.23. The molecule has 27 heavy (non-hydrogen) atoms. The monoisotopic (exact) mass is 367 g/mol. The average Bonchev–Trinajstić information content (AvgIpc) is 3.07. The maximum atomic E-state index is 12.9. The van der Waals surface area contributed by atoms with Crippen molar-refractivity contribution in [1.29, 1.82) is 0 Å². The number of rotatable bonds is 6. The fourth-order valence-electron chi connectivity index (χ4n) is 3.24. The Balaban J connectivity index is 1.56. The lowest BCUT2D eigenvalue weighted by molar-refractivity contribution is -0.163. The van der Waals surface area contributed by atoms with Gasteiger partial charge in [-0.2, -0.15) is 0 Å². The number of ketones is 1. The number of carbonyl (C=O) groups is 1. The number of aromatic nitrogens is 4. The van der Waals surface area contributed by atoms with Gasteiger partial charge in [0, 0.05) is 48.9 Å². The Morgan fingerprint density at radius 3 is 3.04 bits per heavy atom. The number of hydrogen-bond donors (Lipinski definition) is 1. The number of fused-ring (bicyclic) bond motifs is 1. The van der Waals surface area contributed by atoms with E-state index in [0.29, 0.717) is 41.0 Å². The Morgan fingerprint density at radius 2 is 2.22 bits per heavy atom. The van der Waals surface area contributed by atoms with Crippen molar-refractivity contribution in [1.82, 2.24) is 19.5 Å². The quantitative estimate of drug-likeness (QED) is 0.666. The number of ether oxygens (including phenoxy) is 2. The lowest BCUT2D eigenvalue weighted by atomic mass is 10.1. The second-order valence-electron chi connectivity index (χ2n) is 6.50. The van der Waals surface area contributed by atoms with Crippen molar-refractivity contribution in [2.45, 2.75) is 32.1 Å². The van der Waals surface area contributed by atoms with E-state index >= 15 is 0 Å². The van der Waals surface area contributed by atoms with E-state index in [9.17, 15) is 4.79 Å². The van der Waals surface area contributed by atoms with Gasteiger partial charge >= 0.3 is 0 Å². The molecule has 4 heterocycles. The van der Waals surface area contributed by atoms with Gasteiger partial charge in [0.05, 0.1) is 17.9 Å². The normalized spacial score (nSPS) is 17.3. The highest BCUT2D eigenvalue weighted by molar-refractivity contribution is 6.16. The van der Waals surface area contributed by atoms with Crippen LogP contribution in [0.2, 0.25) is 0 Å². The summed E-state index contributed by atoms with van der Waals surface area (Å²) >= 11 is 0. The number of nitrogen functional groups attached to an aromatic ring is 1. The summed E-state index contributed by atoms with van der Waals surface area (Å²) in [5, 5.41) is 0.693. The third-order valence-electron chi connectivity index (χ3n) is 4.58. The summed E-state index contributed by atoms with van der Waals surface area (Å²) in [5.41, 5.74) is 7.85. The first-order valence-corrected chi connectivity index (χ1v) is 8.99. The van der Waals surface area contributed by atoms with Gasteiger partial charge in [-0.15, -0.1) is 0 Å². The Morgan fingerprint density at radius 1 is 1.30 bits per heavy atom. The molecule has 0 radical (unpaired) electrons. The molecule has 1 aliphatic rings. The zero-order valence-corrected chi connectivity index (χ0v) is 14.9. The van der Waals surface area contributed by atoms with Gasteiger partial charge in [0.15, 0.2) is 12.1 Å². The Kier molecular flexibility index (Phi) is 5.08. The molecule has 1 atom stereocenters. The van der Waals surface area contributed by atoms with Crippen LogP contribution in [0.4, 0.5) is 5.69 Å². The summed E-state index contributed by atoms with van der Waals surface area (Å²) in [6.07, 6.45) is 10.9. The third kappa shape index (κ3) is 3.81. The van der Waals surface area contributed by atoms with Crippen LogP contribution in [0.1, 0.15) is 35.2 Å². The van der Waals surface area contributed by atoms with E-state index in [1.165, 1.54) is 18.7 Å². The number of hydrogen-bond acceptors (Lipinski definition) is 7. The van der Waals surface area contributed by atoms with Crippen LogP contribution in [0.5, 0.6) is 0 Å². The Hall–Kier alpha value is -2.84. The first kappa shape index (κ1) is 17.6. The molecule has 0 spiro atoms. The van der Waals surface area contributed by atoms with E-state index in [0.717, 1.165) is 25.9 Å². The summed E-state index contributed by atoms with van der Waals surface area (Å²) in [6, 6.07) is 1.62. The lowest BCUT2D eigenvalue weighted by Gasteiger charge is -2.22. The minimum absolute atomic E-state index is 0.144. The molecular weight excluding hydrogens is 346 g/mol. The smallest absolute Gasteiger partial charge is 0.196 e. The molecule has 4 rings (SSSR count). The van der Waals surface area contributed by atoms with Crippen molar-refractivity contribution in [3.05, 3.63) is 48.3 Å². The molecule has 3 aromatic heterocycles. The molecule has 8 heteroatoms. The summed E-state index contributed by atoms with van der Waals surface area (Å²) in [5.74, 6) is -0.162. The van der Waals surface area contributed by atoms with Gasteiger partial charge in [-0.3, -0.25) is 9.78 Å². The zero-order chi connectivity index (χ0) is 18.6. The van der Waals surface area contributed by atoms with E-state index in [2.05, 4.69) is 15.0 Å². The second kappa shape index (κ2) is 7.81. The summed E-state index contributed by atoms with van der Waals surface area (Å²) in [4.78, 5) is 25.3. The van der Waals surface area contributed by atoms with Gasteiger partial charge in [0.1, 0.15) is 12.0 Å². The van der Waals surface area contributed by atoms with E-state index < -0.39 is 0 Å². The number of carbonyl (C=O) groups excluding carboxylic acids is 1. The van der Waals surface area contributed by atoms with Crippen LogP contribution in [0.3, 0.4) is 0 Å². The van der Waals surface area contributed by atoms with Crippen molar-refractivity contribution in [2.75, 3.05) is 18.9 Å². The highest BCUT2D eigenvalue weighted by atomic mass is 16.7. The van der Waals surface area contributed by atoms with Crippen LogP contribution in [0, 0.1) is 0 Å². The molecule has 2 N–H and O–H groups in total. The molecular formula is C19H21N5O3. The van der Waals surface area contributed by atoms with Gasteiger partial charge in [0.25, 0.3) is 0 Å². The number of nitrogens with two attached hydrogens (primary N) is 1. The van der Waals surface area contributed by atoms with Crippen molar-refractivity contribution in [2.24, 2.45) is 0 Å². The zero-order valence-electron chi connectivity index (χ0n) is 14.9. The van der Waals surface area contributed by atoms with Crippen molar-refractivity contribution in [3.63, 3.8) is 0 Å². The maximum absolute atomic E-state index is 12.9. The molecule has 1 saturated heterocycles. The van der Waals surface area contributed by atoms with Gasteiger partial charge in [-0.25, -0.2) is 9.97 Å². The van der Waals surface area contributed by atoms with E-state index in [1.54, 1.807) is 18.5 Å². The van der Waals surface area contributed by atoms with Gasteiger partial charge in [-0.1, -0.05) is 0 Å². The maximum Gasteiger partial charge on any atom is 0.196 e. The number of pyridine rings is 1. The van der Waals surface area contributed by atoms with Crippen molar-refractivity contribution >= 4 is 22.5 Å². The minimum Gasteiger partial charge on any atom is -0.397 e. The first-order chi connectivity index (χ1) is 13.2. The van der Waals surface area contributed by atoms with Crippen molar-refractivity contribution < 1.29 is 14.3 Å². The van der Waals surface area contributed by atoms with E-state index in [-0.39, 0.29) is 12.1 Å². The third-order valence-corrected chi connectivity index (χ3v) is 4.58. The number of nitrogens with zero attached hydrogens (tertiary/aromatic N) is 4. The fraction of sp³-hybridized carbons (Fsp3) is 0.368. The van der Waals surface area contributed by atoms with Gasteiger partial charge < -0.3 is 19.8 Å². The first-order valence-electron chi connectivity index (χ1n) is 8.99. The second-order valence-corrected chi connectivity index (χ2v) is 6.50. The molecule has 8 nitrogen and oxygen atoms in total. The summed E-state index contributed by atoms with van der Waals surface area (Å²) in [6.45, 7) is 1.79. The van der Waals surface area contributed by atoms with Crippen LogP contribution in [0.25, 0.3) is 11.0 Å². The molecule has 1 unspecified atom stereocenters. The molecule has 1 aliphatic heterocycles. The highest BCUT2D eigenvalue weighted by Gasteiger charge is 2.19. The topological polar surface area (TPSA) is 105 Å². The average molecular weight is 367 g/mol. The predicted octanol–water partition coefficient (Wildman–Crippen LogP) is 2.18. The molecule has 0 aliphatic carbocycles. The molecule has 140 valence electrons. The minimum atomic E-state index is -0.162. The summed E-state index contributed by atoms with van der Waals surface area (Å²) < 4.78 is 13.3. The predicted molar refractivity (Wildman–Crippen MR) is 99.2 cm³/mol. The Labute approximate surface area is 156 Å². The molecule has 3 aromatic rings. The molecule has 0 aromatic carbocycles. The molecule has 0 saturated carbocycles. The van der Waals surface area contributed by atoms with Crippen molar-refractivity contribution in [3.8, 4) is 0 Å². The molecule has 0 bridgehead atoms. The number of anilines is 1. The summed E-state index contributed by atoms with van der Waals surface area (Å²) in [7, 11) is 0. The van der Waals surface area contributed by atoms with Crippen LogP contribution < -0.4 is 5.73 Å². The van der Waals surface area contributed by atoms with E-state index in [4.69, 9.17) is 15.2 Å². The van der Waals surface area contributed by atoms with E-state index in [1.807, 2.05) is 4.57 Å². The fourth-order valence-corrected chi connectivity index (χ4v) is 3.24.